The fourth-order valence-corrected chi connectivity index (χ4v) is 1.61. The van der Waals surface area contributed by atoms with Crippen LogP contribution in [0.5, 0.6) is 0 Å². The van der Waals surface area contributed by atoms with Gasteiger partial charge in [-0.3, -0.25) is 10.00 Å². The monoisotopic (exact) mass is 244 g/mol. The summed E-state index contributed by atoms with van der Waals surface area (Å²) >= 11 is 0. The Balaban J connectivity index is 1.96. The molecule has 1 heterocycles. The van der Waals surface area contributed by atoms with Crippen LogP contribution in [-0.4, -0.2) is 15.8 Å². The standard InChI is InChI=1S/C13H16N4O/c1-3-17-8-7-12(16-17)15-13(18)14-11-6-4-5-10(2)9-11/h4-9H,3H2,1-2H3,(H2,14,15,16,18). The van der Waals surface area contributed by atoms with Crippen molar-refractivity contribution in [2.45, 2.75) is 20.4 Å². The summed E-state index contributed by atoms with van der Waals surface area (Å²) in [5, 5.41) is 9.61. The first-order valence-electron chi connectivity index (χ1n) is 5.85. The molecule has 1 aromatic heterocycles. The van der Waals surface area contributed by atoms with Crippen molar-refractivity contribution in [3.8, 4) is 0 Å². The molecule has 2 N–H and O–H groups in total. The minimum Gasteiger partial charge on any atom is -0.308 e. The van der Waals surface area contributed by atoms with Gasteiger partial charge in [-0.15, -0.1) is 0 Å². The molecule has 0 saturated carbocycles. The molecule has 2 amide bonds. The highest BCUT2D eigenvalue weighted by molar-refractivity contribution is 5.99. The maximum Gasteiger partial charge on any atom is 0.324 e. The Bertz CT molecular complexity index is 547. The van der Waals surface area contributed by atoms with Crippen LogP contribution in [0.25, 0.3) is 0 Å². The van der Waals surface area contributed by atoms with Gasteiger partial charge >= 0.3 is 6.03 Å². The van der Waals surface area contributed by atoms with Crippen LogP contribution in [0.15, 0.2) is 36.5 Å². The number of carbonyl (C=O) groups is 1. The van der Waals surface area contributed by atoms with E-state index in [1.54, 1.807) is 10.7 Å². The smallest absolute Gasteiger partial charge is 0.308 e. The predicted molar refractivity (Wildman–Crippen MR) is 71.7 cm³/mol. The number of aromatic nitrogens is 2. The minimum absolute atomic E-state index is 0.290. The van der Waals surface area contributed by atoms with Crippen molar-refractivity contribution >= 4 is 17.5 Å². The van der Waals surface area contributed by atoms with Gasteiger partial charge in [-0.1, -0.05) is 12.1 Å². The molecule has 0 atom stereocenters. The number of benzene rings is 1. The molecule has 0 spiro atoms. The molecule has 5 nitrogen and oxygen atoms in total. The number of aryl methyl sites for hydroxylation is 2. The lowest BCUT2D eigenvalue weighted by Crippen LogP contribution is -2.19. The number of nitrogens with zero attached hydrogens (tertiary/aromatic N) is 2. The van der Waals surface area contributed by atoms with E-state index in [9.17, 15) is 4.79 Å². The van der Waals surface area contributed by atoms with Gasteiger partial charge in [0.05, 0.1) is 0 Å². The van der Waals surface area contributed by atoms with Gasteiger partial charge in [0, 0.05) is 24.5 Å². The van der Waals surface area contributed by atoms with Crippen LogP contribution < -0.4 is 10.6 Å². The van der Waals surface area contributed by atoms with Crippen molar-refractivity contribution in [2.75, 3.05) is 10.6 Å². The van der Waals surface area contributed by atoms with E-state index in [0.29, 0.717) is 5.82 Å². The minimum atomic E-state index is -0.290. The summed E-state index contributed by atoms with van der Waals surface area (Å²) in [6, 6.07) is 9.10. The molecule has 0 aliphatic heterocycles. The molecule has 0 saturated heterocycles. The van der Waals surface area contributed by atoms with E-state index in [1.165, 1.54) is 0 Å². The molecular weight excluding hydrogens is 228 g/mol. The van der Waals surface area contributed by atoms with Crippen molar-refractivity contribution < 1.29 is 4.79 Å². The zero-order chi connectivity index (χ0) is 13.0. The number of nitrogens with one attached hydrogen (secondary N) is 2. The average Bonchev–Trinajstić information content (AvgIpc) is 2.76. The highest BCUT2D eigenvalue weighted by atomic mass is 16.2. The van der Waals surface area contributed by atoms with Gasteiger partial charge < -0.3 is 5.32 Å². The van der Waals surface area contributed by atoms with E-state index in [1.807, 2.05) is 44.3 Å². The van der Waals surface area contributed by atoms with Crippen molar-refractivity contribution in [1.82, 2.24) is 9.78 Å². The van der Waals surface area contributed by atoms with E-state index in [-0.39, 0.29) is 6.03 Å². The molecule has 0 bridgehead atoms. The first-order valence-corrected chi connectivity index (χ1v) is 5.85. The summed E-state index contributed by atoms with van der Waals surface area (Å²) in [6.07, 6.45) is 1.82. The molecule has 2 rings (SSSR count). The molecule has 18 heavy (non-hydrogen) atoms. The van der Waals surface area contributed by atoms with Crippen LogP contribution in [0.3, 0.4) is 0 Å². The van der Waals surface area contributed by atoms with Crippen LogP contribution in [0, 0.1) is 6.92 Å². The average molecular weight is 244 g/mol. The van der Waals surface area contributed by atoms with E-state index < -0.39 is 0 Å². The summed E-state index contributed by atoms with van der Waals surface area (Å²) in [5.74, 6) is 0.544. The van der Waals surface area contributed by atoms with E-state index in [4.69, 9.17) is 0 Å². The molecule has 0 radical (unpaired) electrons. The molecule has 0 aliphatic rings. The summed E-state index contributed by atoms with van der Waals surface area (Å²) in [6.45, 7) is 4.75. The third kappa shape index (κ3) is 3.10. The third-order valence-electron chi connectivity index (χ3n) is 2.48. The fraction of sp³-hybridized carbons (Fsp3) is 0.231. The van der Waals surface area contributed by atoms with Crippen LogP contribution in [0.2, 0.25) is 0 Å². The lowest BCUT2D eigenvalue weighted by atomic mass is 10.2. The molecule has 5 heteroatoms. The highest BCUT2D eigenvalue weighted by Crippen LogP contribution is 2.10. The molecule has 1 aromatic carbocycles. The van der Waals surface area contributed by atoms with Crippen LogP contribution in [0.1, 0.15) is 12.5 Å². The zero-order valence-corrected chi connectivity index (χ0v) is 10.5. The Morgan fingerprint density at radius 2 is 2.17 bits per heavy atom. The zero-order valence-electron chi connectivity index (χ0n) is 10.5. The van der Waals surface area contributed by atoms with Crippen LogP contribution in [-0.2, 0) is 6.54 Å². The molecule has 0 fully saturated rings. The lowest BCUT2D eigenvalue weighted by Gasteiger charge is -2.06. The van der Waals surface area contributed by atoms with Gasteiger partial charge in [-0.2, -0.15) is 5.10 Å². The normalized spacial score (nSPS) is 10.1. The number of hydrogen-bond donors (Lipinski definition) is 2. The third-order valence-corrected chi connectivity index (χ3v) is 2.48. The second kappa shape index (κ2) is 5.35. The Morgan fingerprint density at radius 3 is 2.83 bits per heavy atom. The topological polar surface area (TPSA) is 59.0 Å². The van der Waals surface area contributed by atoms with Crippen molar-refractivity contribution in [2.24, 2.45) is 0 Å². The number of amides is 2. The number of carbonyl (C=O) groups excluding carboxylic acids is 1. The second-order valence-corrected chi connectivity index (χ2v) is 4.01. The predicted octanol–water partition coefficient (Wildman–Crippen LogP) is 2.86. The van der Waals surface area contributed by atoms with Gasteiger partial charge in [0.15, 0.2) is 5.82 Å². The van der Waals surface area contributed by atoms with E-state index in [0.717, 1.165) is 17.8 Å². The first-order chi connectivity index (χ1) is 8.67. The van der Waals surface area contributed by atoms with Crippen molar-refractivity contribution in [3.05, 3.63) is 42.1 Å². The maximum absolute atomic E-state index is 11.7. The SMILES string of the molecule is CCn1ccc(NC(=O)Nc2cccc(C)c2)n1. The Kier molecular flexibility index (Phi) is 3.62. The van der Waals surface area contributed by atoms with Crippen LogP contribution in [0.4, 0.5) is 16.3 Å². The maximum atomic E-state index is 11.7. The summed E-state index contributed by atoms with van der Waals surface area (Å²) in [5.41, 5.74) is 1.87. The molecule has 0 unspecified atom stereocenters. The summed E-state index contributed by atoms with van der Waals surface area (Å²) in [4.78, 5) is 11.7. The lowest BCUT2D eigenvalue weighted by molar-refractivity contribution is 0.262. The quantitative estimate of drug-likeness (QED) is 0.872. The number of anilines is 2. The van der Waals surface area contributed by atoms with Gasteiger partial charge in [-0.05, 0) is 31.5 Å². The first kappa shape index (κ1) is 12.2. The van der Waals surface area contributed by atoms with E-state index >= 15 is 0 Å². The van der Waals surface area contributed by atoms with Crippen LogP contribution >= 0.6 is 0 Å². The highest BCUT2D eigenvalue weighted by Gasteiger charge is 2.04. The van der Waals surface area contributed by atoms with Gasteiger partial charge in [-0.25, -0.2) is 4.79 Å². The van der Waals surface area contributed by atoms with Gasteiger partial charge in [0.1, 0.15) is 0 Å². The summed E-state index contributed by atoms with van der Waals surface area (Å²) < 4.78 is 1.75. The van der Waals surface area contributed by atoms with Gasteiger partial charge in [0.25, 0.3) is 0 Å². The summed E-state index contributed by atoms with van der Waals surface area (Å²) in [7, 11) is 0. The Labute approximate surface area is 106 Å². The number of hydrogen-bond acceptors (Lipinski definition) is 2. The molecule has 0 aliphatic carbocycles. The second-order valence-electron chi connectivity index (χ2n) is 4.01. The van der Waals surface area contributed by atoms with E-state index in [2.05, 4.69) is 15.7 Å². The Hall–Kier alpha value is -2.30. The molecular formula is C13H16N4O. The van der Waals surface area contributed by atoms with Gasteiger partial charge in [0.2, 0.25) is 0 Å². The largest absolute Gasteiger partial charge is 0.324 e. The van der Waals surface area contributed by atoms with Crippen molar-refractivity contribution in [3.63, 3.8) is 0 Å². The Morgan fingerprint density at radius 1 is 1.33 bits per heavy atom. The molecule has 2 aromatic rings. The number of rotatable bonds is 3. The molecule has 94 valence electrons. The van der Waals surface area contributed by atoms with Crippen molar-refractivity contribution in [1.29, 1.82) is 0 Å². The number of urea groups is 1. The fourth-order valence-electron chi connectivity index (χ4n) is 1.61.